The first-order chi connectivity index (χ1) is 13.4. The van der Waals surface area contributed by atoms with Crippen molar-refractivity contribution >= 4 is 35.0 Å². The molecule has 0 radical (unpaired) electrons. The smallest absolute Gasteiger partial charge is 0.259 e. The predicted molar refractivity (Wildman–Crippen MR) is 107 cm³/mol. The highest BCUT2D eigenvalue weighted by Gasteiger charge is 2.42. The second-order valence-corrected chi connectivity index (χ2v) is 7.13. The Morgan fingerprint density at radius 2 is 1.93 bits per heavy atom. The standard InChI is InChI=1S/C21H21ClN2O4/c1-3-21(11-10-18(25)24-20(21)27)13-4-7-15(8-5-13)23-19(26)16-12-14(22)6-9-17(16)28-2/h4-9,12H,3,10-11H2,1-2H3,(H,23,26)(H,24,25,27). The number of nitrogens with one attached hydrogen (secondary N) is 2. The highest BCUT2D eigenvalue weighted by molar-refractivity contribution is 6.31. The molecule has 6 nitrogen and oxygen atoms in total. The van der Waals surface area contributed by atoms with Gasteiger partial charge in [0, 0.05) is 17.1 Å². The van der Waals surface area contributed by atoms with Crippen molar-refractivity contribution in [1.82, 2.24) is 5.32 Å². The molecule has 1 unspecified atom stereocenters. The lowest BCUT2D eigenvalue weighted by Crippen LogP contribution is -2.51. The number of hydrogen-bond donors (Lipinski definition) is 2. The maximum absolute atomic E-state index is 12.6. The van der Waals surface area contributed by atoms with Gasteiger partial charge in [0.25, 0.3) is 5.91 Å². The number of hydrogen-bond acceptors (Lipinski definition) is 4. The fourth-order valence-electron chi connectivity index (χ4n) is 3.49. The lowest BCUT2D eigenvalue weighted by atomic mass is 9.72. The maximum Gasteiger partial charge on any atom is 0.259 e. The van der Waals surface area contributed by atoms with E-state index in [1.54, 1.807) is 30.3 Å². The van der Waals surface area contributed by atoms with Crippen molar-refractivity contribution in [3.05, 3.63) is 58.6 Å². The summed E-state index contributed by atoms with van der Waals surface area (Å²) in [5.41, 5.74) is 0.994. The number of piperidine rings is 1. The van der Waals surface area contributed by atoms with Crippen molar-refractivity contribution in [2.75, 3.05) is 12.4 Å². The number of halogens is 1. The van der Waals surface area contributed by atoms with Crippen molar-refractivity contribution < 1.29 is 19.1 Å². The van der Waals surface area contributed by atoms with E-state index < -0.39 is 5.41 Å². The van der Waals surface area contributed by atoms with Crippen LogP contribution in [0.1, 0.15) is 42.1 Å². The van der Waals surface area contributed by atoms with Gasteiger partial charge in [0.15, 0.2) is 0 Å². The monoisotopic (exact) mass is 400 g/mol. The Hall–Kier alpha value is -2.86. The zero-order valence-electron chi connectivity index (χ0n) is 15.7. The minimum atomic E-state index is -0.730. The minimum absolute atomic E-state index is 0.242. The second kappa shape index (κ2) is 8.02. The van der Waals surface area contributed by atoms with Crippen LogP contribution in [-0.4, -0.2) is 24.8 Å². The summed E-state index contributed by atoms with van der Waals surface area (Å²) < 4.78 is 5.21. The van der Waals surface area contributed by atoms with Gasteiger partial charge >= 0.3 is 0 Å². The topological polar surface area (TPSA) is 84.5 Å². The third kappa shape index (κ3) is 3.73. The molecule has 1 heterocycles. The number of amides is 3. The van der Waals surface area contributed by atoms with Crippen molar-refractivity contribution in [2.24, 2.45) is 0 Å². The number of rotatable bonds is 5. The molecule has 0 spiro atoms. The fraction of sp³-hybridized carbons (Fsp3) is 0.286. The molecule has 0 bridgehead atoms. The quantitative estimate of drug-likeness (QED) is 0.750. The number of ether oxygens (including phenoxy) is 1. The highest BCUT2D eigenvalue weighted by atomic mass is 35.5. The Balaban J connectivity index is 1.81. The van der Waals surface area contributed by atoms with Crippen LogP contribution in [0.2, 0.25) is 5.02 Å². The van der Waals surface area contributed by atoms with E-state index in [1.807, 2.05) is 19.1 Å². The van der Waals surface area contributed by atoms with E-state index in [0.717, 1.165) is 5.56 Å². The summed E-state index contributed by atoms with van der Waals surface area (Å²) in [6, 6.07) is 11.9. The van der Waals surface area contributed by atoms with Gasteiger partial charge < -0.3 is 10.1 Å². The van der Waals surface area contributed by atoms with Gasteiger partial charge in [-0.15, -0.1) is 0 Å². The SMILES string of the molecule is CCC1(c2ccc(NC(=O)c3cc(Cl)ccc3OC)cc2)CCC(=O)NC1=O. The summed E-state index contributed by atoms with van der Waals surface area (Å²) in [6.07, 6.45) is 1.36. The van der Waals surface area contributed by atoms with Crippen LogP contribution in [0.25, 0.3) is 0 Å². The Morgan fingerprint density at radius 1 is 1.21 bits per heavy atom. The van der Waals surface area contributed by atoms with Gasteiger partial charge in [-0.1, -0.05) is 30.7 Å². The van der Waals surface area contributed by atoms with Crippen LogP contribution < -0.4 is 15.4 Å². The molecule has 1 atom stereocenters. The normalized spacial score (nSPS) is 19.1. The third-order valence-corrected chi connectivity index (χ3v) is 5.41. The molecule has 2 aromatic carbocycles. The lowest BCUT2D eigenvalue weighted by Gasteiger charge is -2.35. The fourth-order valence-corrected chi connectivity index (χ4v) is 3.67. The molecule has 7 heteroatoms. The molecule has 0 aliphatic carbocycles. The predicted octanol–water partition coefficient (Wildman–Crippen LogP) is 3.69. The molecule has 0 saturated carbocycles. The van der Waals surface area contributed by atoms with Crippen LogP contribution >= 0.6 is 11.6 Å². The van der Waals surface area contributed by atoms with Crippen molar-refractivity contribution in [3.8, 4) is 5.75 Å². The molecule has 28 heavy (non-hydrogen) atoms. The summed E-state index contributed by atoms with van der Waals surface area (Å²) in [4.78, 5) is 36.6. The zero-order chi connectivity index (χ0) is 20.3. The molecule has 1 aliphatic heterocycles. The van der Waals surface area contributed by atoms with Crippen LogP contribution in [0.5, 0.6) is 5.75 Å². The first kappa shape index (κ1) is 19.9. The molecule has 0 aromatic heterocycles. The van der Waals surface area contributed by atoms with E-state index in [9.17, 15) is 14.4 Å². The summed E-state index contributed by atoms with van der Waals surface area (Å²) in [5.74, 6) is -0.439. The van der Waals surface area contributed by atoms with Crippen LogP contribution in [0.3, 0.4) is 0 Å². The second-order valence-electron chi connectivity index (χ2n) is 6.69. The minimum Gasteiger partial charge on any atom is -0.496 e. The zero-order valence-corrected chi connectivity index (χ0v) is 16.4. The molecule has 146 valence electrons. The van der Waals surface area contributed by atoms with Gasteiger partial charge in [-0.25, -0.2) is 0 Å². The van der Waals surface area contributed by atoms with Gasteiger partial charge in [-0.2, -0.15) is 0 Å². The number of imide groups is 1. The number of carbonyl (C=O) groups excluding carboxylic acids is 3. The van der Waals surface area contributed by atoms with E-state index in [2.05, 4.69) is 10.6 Å². The van der Waals surface area contributed by atoms with Gasteiger partial charge in [-0.05, 0) is 48.7 Å². The van der Waals surface area contributed by atoms with E-state index in [4.69, 9.17) is 16.3 Å². The molecule has 1 aliphatic rings. The van der Waals surface area contributed by atoms with Crippen molar-refractivity contribution in [1.29, 1.82) is 0 Å². The van der Waals surface area contributed by atoms with Crippen LogP contribution in [0, 0.1) is 0 Å². The van der Waals surface area contributed by atoms with Gasteiger partial charge in [0.1, 0.15) is 5.75 Å². The molecule has 1 fully saturated rings. The molecular weight excluding hydrogens is 380 g/mol. The molecule has 1 saturated heterocycles. The average Bonchev–Trinajstić information content (AvgIpc) is 2.69. The molecular formula is C21H21ClN2O4. The van der Waals surface area contributed by atoms with E-state index in [0.29, 0.717) is 41.3 Å². The first-order valence-electron chi connectivity index (χ1n) is 8.99. The Bertz CT molecular complexity index is 927. The summed E-state index contributed by atoms with van der Waals surface area (Å²) in [7, 11) is 1.49. The van der Waals surface area contributed by atoms with Gasteiger partial charge in [0.2, 0.25) is 11.8 Å². The Labute approximate surface area is 168 Å². The molecule has 3 rings (SSSR count). The average molecular weight is 401 g/mol. The largest absolute Gasteiger partial charge is 0.496 e. The Kier molecular flexibility index (Phi) is 5.70. The molecule has 3 amide bonds. The van der Waals surface area contributed by atoms with E-state index >= 15 is 0 Å². The van der Waals surface area contributed by atoms with Crippen LogP contribution in [0.15, 0.2) is 42.5 Å². The number of benzene rings is 2. The summed E-state index contributed by atoms with van der Waals surface area (Å²) in [6.45, 7) is 1.93. The van der Waals surface area contributed by atoms with Crippen molar-refractivity contribution in [3.63, 3.8) is 0 Å². The first-order valence-corrected chi connectivity index (χ1v) is 9.37. The number of anilines is 1. The molecule has 2 N–H and O–H groups in total. The van der Waals surface area contributed by atoms with Crippen molar-refractivity contribution in [2.45, 2.75) is 31.6 Å². The number of carbonyl (C=O) groups is 3. The lowest BCUT2D eigenvalue weighted by molar-refractivity contribution is -0.138. The van der Waals surface area contributed by atoms with Gasteiger partial charge in [0.05, 0.1) is 18.1 Å². The van der Waals surface area contributed by atoms with E-state index in [1.165, 1.54) is 7.11 Å². The highest BCUT2D eigenvalue weighted by Crippen LogP contribution is 2.36. The number of methoxy groups -OCH3 is 1. The van der Waals surface area contributed by atoms with Crippen LogP contribution in [-0.2, 0) is 15.0 Å². The summed E-state index contributed by atoms with van der Waals surface area (Å²) in [5, 5.41) is 5.67. The summed E-state index contributed by atoms with van der Waals surface area (Å²) >= 11 is 5.99. The third-order valence-electron chi connectivity index (χ3n) is 5.17. The van der Waals surface area contributed by atoms with E-state index in [-0.39, 0.29) is 17.7 Å². The Morgan fingerprint density at radius 3 is 2.54 bits per heavy atom. The van der Waals surface area contributed by atoms with Crippen LogP contribution in [0.4, 0.5) is 5.69 Å². The molecule has 2 aromatic rings. The van der Waals surface area contributed by atoms with Gasteiger partial charge in [-0.3, -0.25) is 19.7 Å². The maximum atomic E-state index is 12.6.